The van der Waals surface area contributed by atoms with E-state index in [1.807, 2.05) is 12.2 Å². The van der Waals surface area contributed by atoms with E-state index >= 15 is 0 Å². The molecule has 0 aromatic carbocycles. The molecule has 0 aliphatic carbocycles. The zero-order valence-corrected chi connectivity index (χ0v) is 6.14. The van der Waals surface area contributed by atoms with Gasteiger partial charge in [0.25, 0.3) is 0 Å². The van der Waals surface area contributed by atoms with Gasteiger partial charge in [-0.2, -0.15) is 0 Å². The van der Waals surface area contributed by atoms with Crippen molar-refractivity contribution < 1.29 is 0 Å². The average Bonchev–Trinajstić information content (AvgIpc) is 1.97. The van der Waals surface area contributed by atoms with Gasteiger partial charge in [0.15, 0.2) is 0 Å². The monoisotopic (exact) mass is 138 g/mol. The van der Waals surface area contributed by atoms with Crippen LogP contribution in [0, 0.1) is 0 Å². The van der Waals surface area contributed by atoms with Gasteiger partial charge in [-0.15, -0.1) is 0 Å². The molecule has 10 heavy (non-hydrogen) atoms. The summed E-state index contributed by atoms with van der Waals surface area (Å²) in [6.07, 6.45) is 7.40. The molecule has 2 heteroatoms. The number of nitrogens with one attached hydrogen (secondary N) is 2. The first-order chi connectivity index (χ1) is 4.91. The van der Waals surface area contributed by atoms with Crippen molar-refractivity contribution in [2.75, 3.05) is 13.1 Å². The van der Waals surface area contributed by atoms with Crippen LogP contribution >= 0.6 is 0 Å². The second-order valence-electron chi connectivity index (χ2n) is 1.70. The normalized spacial score (nSPS) is 9.20. The number of hydrogen-bond acceptors (Lipinski definition) is 2. The molecule has 0 rings (SSSR count). The third-order valence-electron chi connectivity index (χ3n) is 0.927. The maximum Gasteiger partial charge on any atom is 0.0325 e. The van der Waals surface area contributed by atoms with Crippen LogP contribution in [0.15, 0.2) is 37.7 Å². The molecule has 0 aromatic heterocycles. The van der Waals surface area contributed by atoms with E-state index in [0.29, 0.717) is 0 Å². The van der Waals surface area contributed by atoms with Crippen LogP contribution in [0.3, 0.4) is 0 Å². The summed E-state index contributed by atoms with van der Waals surface area (Å²) < 4.78 is 0. The molecule has 2 nitrogen and oxygen atoms in total. The van der Waals surface area contributed by atoms with Gasteiger partial charge in [-0.3, -0.25) is 0 Å². The van der Waals surface area contributed by atoms with Gasteiger partial charge in [0.2, 0.25) is 0 Å². The van der Waals surface area contributed by atoms with E-state index in [1.54, 1.807) is 12.4 Å². The molecule has 0 fully saturated rings. The van der Waals surface area contributed by atoms with Crippen LogP contribution in [0.25, 0.3) is 0 Å². The summed E-state index contributed by atoms with van der Waals surface area (Å²) in [4.78, 5) is 0. The summed E-state index contributed by atoms with van der Waals surface area (Å²) in [6, 6.07) is 0. The number of rotatable bonds is 6. The van der Waals surface area contributed by atoms with Crippen LogP contribution in [0.4, 0.5) is 0 Å². The molecule has 0 bridgehead atoms. The molecule has 0 spiro atoms. The molecular weight excluding hydrogens is 124 g/mol. The molecule has 0 saturated heterocycles. The first-order valence-corrected chi connectivity index (χ1v) is 3.25. The zero-order valence-electron chi connectivity index (χ0n) is 6.14. The summed E-state index contributed by atoms with van der Waals surface area (Å²) in [5.41, 5.74) is 0. The molecule has 0 radical (unpaired) electrons. The molecule has 0 unspecified atom stereocenters. The van der Waals surface area contributed by atoms with Crippen LogP contribution in [-0.4, -0.2) is 13.1 Å². The van der Waals surface area contributed by atoms with Gasteiger partial charge in [0, 0.05) is 13.1 Å². The Labute approximate surface area is 62.3 Å². The fourth-order valence-corrected chi connectivity index (χ4v) is 0.469. The molecule has 0 amide bonds. The minimum absolute atomic E-state index is 0.836. The van der Waals surface area contributed by atoms with Crippen molar-refractivity contribution in [2.45, 2.75) is 0 Å². The van der Waals surface area contributed by atoms with Gasteiger partial charge in [-0.25, -0.2) is 0 Å². The van der Waals surface area contributed by atoms with Crippen molar-refractivity contribution in [1.82, 2.24) is 10.6 Å². The third-order valence-corrected chi connectivity index (χ3v) is 0.927. The Morgan fingerprint density at radius 1 is 0.900 bits per heavy atom. The molecule has 0 aliphatic rings. The maximum absolute atomic E-state index is 3.52. The van der Waals surface area contributed by atoms with Crippen molar-refractivity contribution in [1.29, 1.82) is 0 Å². The Hall–Kier alpha value is -1.18. The minimum atomic E-state index is 0.836. The highest BCUT2D eigenvalue weighted by atomic mass is 14.8. The van der Waals surface area contributed by atoms with Crippen LogP contribution in [-0.2, 0) is 0 Å². The van der Waals surface area contributed by atoms with Crippen molar-refractivity contribution in [3.63, 3.8) is 0 Å². The largest absolute Gasteiger partial charge is 0.388 e. The molecular formula is C8H14N2. The van der Waals surface area contributed by atoms with Gasteiger partial charge in [0.1, 0.15) is 0 Å². The number of hydrogen-bond donors (Lipinski definition) is 2. The lowest BCUT2D eigenvalue weighted by molar-refractivity contribution is 0.956. The molecule has 0 saturated carbocycles. The van der Waals surface area contributed by atoms with Crippen molar-refractivity contribution in [2.24, 2.45) is 0 Å². The summed E-state index contributed by atoms with van der Waals surface area (Å²) in [6.45, 7) is 8.71. The lowest BCUT2D eigenvalue weighted by Gasteiger charge is -1.92. The quantitative estimate of drug-likeness (QED) is 0.423. The second-order valence-corrected chi connectivity index (χ2v) is 1.70. The summed E-state index contributed by atoms with van der Waals surface area (Å²) in [5.74, 6) is 0. The summed E-state index contributed by atoms with van der Waals surface area (Å²) in [7, 11) is 0. The summed E-state index contributed by atoms with van der Waals surface area (Å²) >= 11 is 0. The Kier molecular flexibility index (Phi) is 6.90. The lowest BCUT2D eigenvalue weighted by Crippen LogP contribution is -2.05. The van der Waals surface area contributed by atoms with Crippen molar-refractivity contribution in [3.8, 4) is 0 Å². The standard InChI is InChI=1S/C8H14N2/c1-3-9-7-5-6-8-10-4-2/h3-6,9-10H,1-2,7-8H2/b6-5+. The Balaban J connectivity index is 3.03. The van der Waals surface area contributed by atoms with E-state index in [0.717, 1.165) is 13.1 Å². The van der Waals surface area contributed by atoms with Crippen LogP contribution < -0.4 is 10.6 Å². The Morgan fingerprint density at radius 2 is 1.30 bits per heavy atom. The first-order valence-electron chi connectivity index (χ1n) is 3.25. The van der Waals surface area contributed by atoms with Gasteiger partial charge in [0.05, 0.1) is 0 Å². The van der Waals surface area contributed by atoms with E-state index in [2.05, 4.69) is 23.8 Å². The topological polar surface area (TPSA) is 24.1 Å². The predicted octanol–water partition coefficient (Wildman–Crippen LogP) is 1.01. The van der Waals surface area contributed by atoms with E-state index in [4.69, 9.17) is 0 Å². The molecule has 0 atom stereocenters. The van der Waals surface area contributed by atoms with Crippen molar-refractivity contribution in [3.05, 3.63) is 37.7 Å². The van der Waals surface area contributed by atoms with Gasteiger partial charge in [-0.1, -0.05) is 25.3 Å². The fourth-order valence-electron chi connectivity index (χ4n) is 0.469. The highest BCUT2D eigenvalue weighted by Gasteiger charge is 1.70. The molecule has 0 aromatic rings. The minimum Gasteiger partial charge on any atom is -0.388 e. The fraction of sp³-hybridized carbons (Fsp3) is 0.250. The van der Waals surface area contributed by atoms with E-state index in [9.17, 15) is 0 Å². The molecule has 56 valence electrons. The molecule has 0 heterocycles. The Morgan fingerprint density at radius 3 is 1.60 bits per heavy atom. The maximum atomic E-state index is 3.52. The van der Waals surface area contributed by atoms with E-state index < -0.39 is 0 Å². The van der Waals surface area contributed by atoms with E-state index in [-0.39, 0.29) is 0 Å². The highest BCUT2D eigenvalue weighted by molar-refractivity contribution is 4.88. The highest BCUT2D eigenvalue weighted by Crippen LogP contribution is 1.68. The smallest absolute Gasteiger partial charge is 0.0325 e. The average molecular weight is 138 g/mol. The summed E-state index contributed by atoms with van der Waals surface area (Å²) in [5, 5.41) is 5.90. The van der Waals surface area contributed by atoms with Crippen LogP contribution in [0.2, 0.25) is 0 Å². The first kappa shape index (κ1) is 8.82. The second kappa shape index (κ2) is 7.82. The van der Waals surface area contributed by atoms with Crippen LogP contribution in [0.1, 0.15) is 0 Å². The molecule has 2 N–H and O–H groups in total. The van der Waals surface area contributed by atoms with Crippen molar-refractivity contribution >= 4 is 0 Å². The van der Waals surface area contributed by atoms with Gasteiger partial charge in [-0.05, 0) is 12.4 Å². The molecule has 0 aliphatic heterocycles. The van der Waals surface area contributed by atoms with E-state index in [1.165, 1.54) is 0 Å². The van der Waals surface area contributed by atoms with Gasteiger partial charge < -0.3 is 10.6 Å². The predicted molar refractivity (Wildman–Crippen MR) is 45.5 cm³/mol. The zero-order chi connectivity index (χ0) is 7.66. The Bertz CT molecular complexity index is 102. The SMILES string of the molecule is C=CNC/C=C/CNC=C. The van der Waals surface area contributed by atoms with Crippen LogP contribution in [0.5, 0.6) is 0 Å². The lowest BCUT2D eigenvalue weighted by atomic mass is 10.5. The third kappa shape index (κ3) is 6.82. The van der Waals surface area contributed by atoms with Gasteiger partial charge >= 0.3 is 0 Å².